The molecular weight excluding hydrogens is 396 g/mol. The summed E-state index contributed by atoms with van der Waals surface area (Å²) in [6, 6.07) is 9.29. The molecule has 8 unspecified atom stereocenters. The van der Waals surface area contributed by atoms with Gasteiger partial charge in [0, 0.05) is 0 Å². The van der Waals surface area contributed by atoms with E-state index in [4.69, 9.17) is 0 Å². The summed E-state index contributed by atoms with van der Waals surface area (Å²) in [5.74, 6) is 5.80. The van der Waals surface area contributed by atoms with Gasteiger partial charge in [0.25, 0.3) is 0 Å². The van der Waals surface area contributed by atoms with Gasteiger partial charge in [-0.2, -0.15) is 0 Å². The lowest BCUT2D eigenvalue weighted by Gasteiger charge is -2.60. The molecule has 182 valence electrons. The van der Waals surface area contributed by atoms with Gasteiger partial charge in [-0.3, -0.25) is 0 Å². The molecule has 4 saturated carbocycles. The van der Waals surface area contributed by atoms with Crippen molar-refractivity contribution in [2.45, 2.75) is 117 Å². The van der Waals surface area contributed by atoms with E-state index >= 15 is 0 Å². The van der Waals surface area contributed by atoms with Gasteiger partial charge in [0.15, 0.2) is 0 Å². The molecule has 0 nitrogen and oxygen atoms in total. The zero-order valence-corrected chi connectivity index (χ0v) is 22.1. The van der Waals surface area contributed by atoms with Crippen LogP contribution in [0.25, 0.3) is 6.08 Å². The summed E-state index contributed by atoms with van der Waals surface area (Å²) in [5.41, 5.74) is 4.17. The van der Waals surface area contributed by atoms with Crippen LogP contribution in [0, 0.1) is 40.4 Å². The number of allylic oxidation sites excluding steroid dienone is 1. The minimum absolute atomic E-state index is 0.630. The van der Waals surface area contributed by atoms with Crippen LogP contribution in [-0.4, -0.2) is 0 Å². The van der Waals surface area contributed by atoms with Gasteiger partial charge in [-0.25, -0.2) is 0 Å². The van der Waals surface area contributed by atoms with Crippen molar-refractivity contribution in [3.8, 4) is 0 Å². The third-order valence-corrected chi connectivity index (χ3v) is 11.9. The summed E-state index contributed by atoms with van der Waals surface area (Å²) < 4.78 is 0. The van der Waals surface area contributed by atoms with E-state index in [1.807, 2.05) is 0 Å². The maximum Gasteiger partial charge on any atom is -0.0193 e. The second kappa shape index (κ2) is 9.54. The van der Waals surface area contributed by atoms with Crippen LogP contribution in [0.4, 0.5) is 0 Å². The maximum absolute atomic E-state index is 2.73. The van der Waals surface area contributed by atoms with Gasteiger partial charge in [0.2, 0.25) is 0 Å². The Labute approximate surface area is 205 Å². The lowest BCUT2D eigenvalue weighted by molar-refractivity contribution is -0.111. The molecule has 0 spiro atoms. The summed E-state index contributed by atoms with van der Waals surface area (Å²) in [5, 5.41) is 0. The van der Waals surface area contributed by atoms with Crippen molar-refractivity contribution in [3.63, 3.8) is 0 Å². The second-order valence-electron chi connectivity index (χ2n) is 13.2. The topological polar surface area (TPSA) is 0 Å². The lowest BCUT2D eigenvalue weighted by atomic mass is 9.45. The molecule has 0 aliphatic heterocycles. The number of hydrogen-bond acceptors (Lipinski definition) is 0. The van der Waals surface area contributed by atoms with Crippen LogP contribution in [0.15, 0.2) is 30.3 Å². The van der Waals surface area contributed by atoms with Crippen molar-refractivity contribution in [2.24, 2.45) is 40.4 Å². The highest BCUT2D eigenvalue weighted by atomic mass is 14.6. The maximum atomic E-state index is 2.73. The summed E-state index contributed by atoms with van der Waals surface area (Å²) in [6.07, 6.45) is 24.0. The molecule has 0 N–H and O–H groups in total. The Balaban J connectivity index is 1.19. The van der Waals surface area contributed by atoms with E-state index in [9.17, 15) is 0 Å². The molecule has 4 aliphatic carbocycles. The molecule has 0 bridgehead atoms. The molecule has 0 heterocycles. The fourth-order valence-electron chi connectivity index (χ4n) is 9.57. The number of rotatable bonds is 6. The minimum atomic E-state index is 0.630. The zero-order chi connectivity index (χ0) is 23.1. The minimum Gasteiger partial charge on any atom is -0.0839 e. The Hall–Kier alpha value is -1.04. The van der Waals surface area contributed by atoms with E-state index in [0.717, 1.165) is 29.6 Å². The van der Waals surface area contributed by atoms with E-state index < -0.39 is 0 Å². The van der Waals surface area contributed by atoms with Crippen molar-refractivity contribution in [1.29, 1.82) is 0 Å². The number of fused-ring (bicyclic) bond motifs is 5. The Morgan fingerprint density at radius 3 is 2.45 bits per heavy atom. The predicted molar refractivity (Wildman–Crippen MR) is 143 cm³/mol. The van der Waals surface area contributed by atoms with Crippen LogP contribution >= 0.6 is 0 Å². The molecule has 0 heteroatoms. The van der Waals surface area contributed by atoms with Crippen LogP contribution in [-0.2, 0) is 0 Å². The molecule has 0 aromatic heterocycles. The van der Waals surface area contributed by atoms with Crippen molar-refractivity contribution < 1.29 is 0 Å². The van der Waals surface area contributed by atoms with E-state index in [0.29, 0.717) is 16.7 Å². The highest BCUT2D eigenvalue weighted by molar-refractivity contribution is 5.49. The summed E-state index contributed by atoms with van der Waals surface area (Å²) >= 11 is 0. The monoisotopic (exact) mass is 446 g/mol. The fraction of sp³-hybridized carbons (Fsp3) is 0.758. The Morgan fingerprint density at radius 2 is 1.67 bits per heavy atom. The standard InChI is InChI=1S/C33H50/c1-5-24(2)26-15-13-25(14-16-26)10-6-7-11-28-18-20-30-29-19-17-27-12-8-9-22-32(27,3)31(29)21-23-33(28,30)4/h6,10,13-16,24,27-31H,5,7-9,11-12,17-23H2,1-4H3/b10-6+. The Morgan fingerprint density at radius 1 is 0.879 bits per heavy atom. The molecule has 33 heavy (non-hydrogen) atoms. The van der Waals surface area contributed by atoms with Crippen LogP contribution in [0.5, 0.6) is 0 Å². The van der Waals surface area contributed by atoms with E-state index in [1.54, 1.807) is 19.3 Å². The quantitative estimate of drug-likeness (QED) is 0.407. The molecule has 0 radical (unpaired) electrons. The summed E-state index contributed by atoms with van der Waals surface area (Å²) in [6.45, 7) is 10.1. The molecule has 4 aliphatic rings. The van der Waals surface area contributed by atoms with E-state index in [2.05, 4.69) is 64.1 Å². The van der Waals surface area contributed by atoms with E-state index in [-0.39, 0.29) is 0 Å². The molecule has 4 fully saturated rings. The van der Waals surface area contributed by atoms with E-state index in [1.165, 1.54) is 75.3 Å². The van der Waals surface area contributed by atoms with Gasteiger partial charge in [0.05, 0.1) is 0 Å². The largest absolute Gasteiger partial charge is 0.0839 e. The van der Waals surface area contributed by atoms with Crippen molar-refractivity contribution in [3.05, 3.63) is 41.5 Å². The fourth-order valence-corrected chi connectivity index (χ4v) is 9.57. The predicted octanol–water partition coefficient (Wildman–Crippen LogP) is 10.0. The summed E-state index contributed by atoms with van der Waals surface area (Å²) in [7, 11) is 0. The molecule has 0 saturated heterocycles. The first-order valence-electron chi connectivity index (χ1n) is 14.7. The average molecular weight is 447 g/mol. The molecule has 5 rings (SSSR count). The Kier molecular flexibility index (Phi) is 6.85. The summed E-state index contributed by atoms with van der Waals surface area (Å²) in [4.78, 5) is 0. The molecule has 1 aromatic carbocycles. The van der Waals surface area contributed by atoms with Gasteiger partial charge in [-0.1, -0.05) is 77.0 Å². The zero-order valence-electron chi connectivity index (χ0n) is 22.1. The van der Waals surface area contributed by atoms with Crippen molar-refractivity contribution in [1.82, 2.24) is 0 Å². The lowest BCUT2D eigenvalue weighted by Crippen LogP contribution is -2.52. The Bertz CT molecular complexity index is 817. The highest BCUT2D eigenvalue weighted by Gasteiger charge is 2.59. The van der Waals surface area contributed by atoms with Crippen LogP contribution in [0.1, 0.15) is 128 Å². The molecule has 0 amide bonds. The second-order valence-corrected chi connectivity index (χ2v) is 13.2. The molecular formula is C33H50. The van der Waals surface area contributed by atoms with Gasteiger partial charge < -0.3 is 0 Å². The average Bonchev–Trinajstić information content (AvgIpc) is 3.17. The van der Waals surface area contributed by atoms with Crippen molar-refractivity contribution in [2.75, 3.05) is 0 Å². The van der Waals surface area contributed by atoms with Crippen molar-refractivity contribution >= 4 is 6.08 Å². The highest BCUT2D eigenvalue weighted by Crippen LogP contribution is 2.67. The first-order valence-corrected chi connectivity index (χ1v) is 14.7. The normalized spacial score (nSPS) is 41.4. The SMILES string of the molecule is CCC(C)c1ccc(/C=C/CCC2CCC3C4CCC5CCCCC5(C)C4CCC23C)cc1. The van der Waals surface area contributed by atoms with Crippen LogP contribution < -0.4 is 0 Å². The molecule has 1 aromatic rings. The number of hydrogen-bond donors (Lipinski definition) is 0. The van der Waals surface area contributed by atoms with Gasteiger partial charge in [-0.15, -0.1) is 0 Å². The first kappa shape index (κ1) is 23.7. The van der Waals surface area contributed by atoms with Crippen LogP contribution in [0.3, 0.4) is 0 Å². The van der Waals surface area contributed by atoms with Gasteiger partial charge in [-0.05, 0) is 128 Å². The first-order chi connectivity index (χ1) is 16.0. The van der Waals surface area contributed by atoms with Crippen LogP contribution in [0.2, 0.25) is 0 Å². The third kappa shape index (κ3) is 4.27. The third-order valence-electron chi connectivity index (χ3n) is 11.9. The van der Waals surface area contributed by atoms with Gasteiger partial charge >= 0.3 is 0 Å². The molecule has 8 atom stereocenters. The number of benzene rings is 1. The van der Waals surface area contributed by atoms with Gasteiger partial charge in [0.1, 0.15) is 0 Å². The smallest absolute Gasteiger partial charge is 0.0193 e.